The first-order chi connectivity index (χ1) is 13.8. The van der Waals surface area contributed by atoms with Gasteiger partial charge in [0.05, 0.1) is 12.9 Å². The van der Waals surface area contributed by atoms with Crippen LogP contribution in [0.4, 0.5) is 10.5 Å². The largest absolute Gasteiger partial charge is 0.497 e. The van der Waals surface area contributed by atoms with E-state index in [9.17, 15) is 13.2 Å². The zero-order chi connectivity index (χ0) is 21.4. The lowest BCUT2D eigenvalue weighted by atomic mass is 10.1. The molecule has 2 amide bonds. The Bertz CT molecular complexity index is 896. The molecule has 0 fully saturated rings. The standard InChI is InChI=1S/C21H28N2O5S/c1-5-16(3)23(21(24)22-18-9-13-19(27-4)14-10-18)15-17-7-11-20(12-8-17)28-29(25,26)6-2/h7-14,16H,5-6,15H2,1-4H3,(H,22,24)/t16-/m0/s1. The Hall–Kier alpha value is -2.74. The molecular formula is C21H28N2O5S. The van der Waals surface area contributed by atoms with Crippen LogP contribution in [0.15, 0.2) is 48.5 Å². The molecule has 0 radical (unpaired) electrons. The maximum Gasteiger partial charge on any atom is 0.322 e. The molecule has 8 heteroatoms. The molecule has 2 aromatic carbocycles. The van der Waals surface area contributed by atoms with Crippen LogP contribution in [0.1, 0.15) is 32.8 Å². The third kappa shape index (κ3) is 6.67. The van der Waals surface area contributed by atoms with Crippen LogP contribution in [0.5, 0.6) is 11.5 Å². The number of rotatable bonds is 9. The summed E-state index contributed by atoms with van der Waals surface area (Å²) in [7, 11) is -1.97. The molecule has 0 spiro atoms. The van der Waals surface area contributed by atoms with Gasteiger partial charge in [-0.2, -0.15) is 8.42 Å². The van der Waals surface area contributed by atoms with Gasteiger partial charge >= 0.3 is 16.1 Å². The second-order valence-electron chi connectivity index (χ2n) is 6.62. The van der Waals surface area contributed by atoms with Crippen molar-refractivity contribution in [3.05, 3.63) is 54.1 Å². The Morgan fingerprint density at radius 2 is 1.62 bits per heavy atom. The van der Waals surface area contributed by atoms with Gasteiger partial charge in [-0.05, 0) is 62.2 Å². The van der Waals surface area contributed by atoms with Gasteiger partial charge in [-0.1, -0.05) is 19.1 Å². The van der Waals surface area contributed by atoms with E-state index in [1.807, 2.05) is 13.8 Å². The topological polar surface area (TPSA) is 84.9 Å². The minimum absolute atomic E-state index is 0.0182. The number of anilines is 1. The van der Waals surface area contributed by atoms with E-state index >= 15 is 0 Å². The average Bonchev–Trinajstić information content (AvgIpc) is 2.73. The lowest BCUT2D eigenvalue weighted by Crippen LogP contribution is -2.40. The molecule has 0 saturated heterocycles. The van der Waals surface area contributed by atoms with E-state index in [-0.39, 0.29) is 23.6 Å². The van der Waals surface area contributed by atoms with Gasteiger partial charge in [0.15, 0.2) is 0 Å². The van der Waals surface area contributed by atoms with E-state index in [0.29, 0.717) is 18.0 Å². The first-order valence-electron chi connectivity index (χ1n) is 9.50. The quantitative estimate of drug-likeness (QED) is 0.613. The zero-order valence-corrected chi connectivity index (χ0v) is 18.0. The van der Waals surface area contributed by atoms with Crippen LogP contribution in [-0.4, -0.2) is 38.3 Å². The Balaban J connectivity index is 2.10. The highest BCUT2D eigenvalue weighted by Gasteiger charge is 2.20. The van der Waals surface area contributed by atoms with E-state index in [0.717, 1.165) is 12.0 Å². The summed E-state index contributed by atoms with van der Waals surface area (Å²) >= 11 is 0. The molecule has 0 aromatic heterocycles. The number of nitrogens with one attached hydrogen (secondary N) is 1. The zero-order valence-electron chi connectivity index (χ0n) is 17.2. The van der Waals surface area contributed by atoms with Crippen molar-refractivity contribution in [1.82, 2.24) is 4.90 Å². The number of benzene rings is 2. The van der Waals surface area contributed by atoms with Gasteiger partial charge < -0.3 is 19.1 Å². The number of urea groups is 1. The number of hydrogen-bond donors (Lipinski definition) is 1. The Labute approximate surface area is 172 Å². The third-order valence-corrected chi connectivity index (χ3v) is 5.73. The molecule has 0 saturated carbocycles. The number of hydrogen-bond acceptors (Lipinski definition) is 5. The molecule has 2 rings (SSSR count). The molecular weight excluding hydrogens is 392 g/mol. The first-order valence-corrected chi connectivity index (χ1v) is 11.1. The highest BCUT2D eigenvalue weighted by atomic mass is 32.2. The highest BCUT2D eigenvalue weighted by Crippen LogP contribution is 2.20. The normalized spacial score (nSPS) is 12.1. The van der Waals surface area contributed by atoms with Crippen LogP contribution in [0.25, 0.3) is 0 Å². The van der Waals surface area contributed by atoms with Crippen LogP contribution >= 0.6 is 0 Å². The number of ether oxygens (including phenoxy) is 1. The summed E-state index contributed by atoms with van der Waals surface area (Å²) < 4.78 is 33.3. The average molecular weight is 421 g/mol. The molecule has 0 bridgehead atoms. The minimum Gasteiger partial charge on any atom is -0.497 e. The van der Waals surface area contributed by atoms with Gasteiger partial charge in [0.25, 0.3) is 0 Å². The fourth-order valence-corrected chi connectivity index (χ4v) is 3.09. The third-order valence-electron chi connectivity index (χ3n) is 4.58. The maximum absolute atomic E-state index is 12.8. The summed E-state index contributed by atoms with van der Waals surface area (Å²) in [6.45, 7) is 5.91. The van der Waals surface area contributed by atoms with Gasteiger partial charge in [0.1, 0.15) is 11.5 Å². The van der Waals surface area contributed by atoms with Crippen molar-refractivity contribution in [1.29, 1.82) is 0 Å². The second-order valence-corrected chi connectivity index (χ2v) is 8.48. The van der Waals surface area contributed by atoms with E-state index in [4.69, 9.17) is 8.92 Å². The first kappa shape index (κ1) is 22.5. The number of methoxy groups -OCH3 is 1. The van der Waals surface area contributed by atoms with Crippen LogP contribution < -0.4 is 14.2 Å². The van der Waals surface area contributed by atoms with Crippen LogP contribution in [0, 0.1) is 0 Å². The van der Waals surface area contributed by atoms with Gasteiger partial charge in [-0.25, -0.2) is 4.79 Å². The molecule has 158 valence electrons. The SMILES string of the molecule is CC[C@H](C)N(Cc1ccc(OS(=O)(=O)CC)cc1)C(=O)Nc1ccc(OC)cc1. The summed E-state index contributed by atoms with van der Waals surface area (Å²) in [4.78, 5) is 14.6. The van der Waals surface area contributed by atoms with Crippen LogP contribution in [0.2, 0.25) is 0 Å². The predicted molar refractivity (Wildman–Crippen MR) is 114 cm³/mol. The molecule has 0 heterocycles. The molecule has 0 aliphatic heterocycles. The lowest BCUT2D eigenvalue weighted by Gasteiger charge is -2.29. The second kappa shape index (κ2) is 10.2. The Morgan fingerprint density at radius 1 is 1.03 bits per heavy atom. The number of carbonyl (C=O) groups excluding carboxylic acids is 1. The van der Waals surface area contributed by atoms with Crippen molar-refractivity contribution < 1.29 is 22.1 Å². The molecule has 0 aliphatic carbocycles. The highest BCUT2D eigenvalue weighted by molar-refractivity contribution is 7.87. The van der Waals surface area contributed by atoms with Crippen molar-refractivity contribution in [2.45, 2.75) is 39.8 Å². The van der Waals surface area contributed by atoms with Crippen molar-refractivity contribution in [2.75, 3.05) is 18.2 Å². The van der Waals surface area contributed by atoms with Gasteiger partial charge in [0.2, 0.25) is 0 Å². The summed E-state index contributed by atoms with van der Waals surface area (Å²) in [6, 6.07) is 13.7. The van der Waals surface area contributed by atoms with E-state index in [2.05, 4.69) is 5.32 Å². The van der Waals surface area contributed by atoms with Gasteiger partial charge in [-0.15, -0.1) is 0 Å². The molecule has 0 aliphatic rings. The molecule has 1 atom stereocenters. The molecule has 1 N–H and O–H groups in total. The van der Waals surface area contributed by atoms with Gasteiger partial charge in [0, 0.05) is 18.3 Å². The Kier molecular flexibility index (Phi) is 7.90. The van der Waals surface area contributed by atoms with Crippen molar-refractivity contribution in [2.24, 2.45) is 0 Å². The number of nitrogens with zero attached hydrogens (tertiary/aromatic N) is 1. The van der Waals surface area contributed by atoms with E-state index in [1.165, 1.54) is 6.92 Å². The summed E-state index contributed by atoms with van der Waals surface area (Å²) in [5.41, 5.74) is 1.55. The number of carbonyl (C=O) groups is 1. The van der Waals surface area contributed by atoms with E-state index < -0.39 is 10.1 Å². The Morgan fingerprint density at radius 3 is 2.14 bits per heavy atom. The fraction of sp³-hybridized carbons (Fsp3) is 0.381. The predicted octanol–water partition coefficient (Wildman–Crippen LogP) is 4.26. The molecule has 7 nitrogen and oxygen atoms in total. The maximum atomic E-state index is 12.8. The minimum atomic E-state index is -3.56. The molecule has 2 aromatic rings. The smallest absolute Gasteiger partial charge is 0.322 e. The van der Waals surface area contributed by atoms with E-state index in [1.54, 1.807) is 60.5 Å². The van der Waals surface area contributed by atoms with Crippen LogP contribution in [0.3, 0.4) is 0 Å². The summed E-state index contributed by atoms with van der Waals surface area (Å²) in [5.74, 6) is 0.879. The van der Waals surface area contributed by atoms with Crippen molar-refractivity contribution >= 4 is 21.8 Å². The van der Waals surface area contributed by atoms with Gasteiger partial charge in [-0.3, -0.25) is 0 Å². The lowest BCUT2D eigenvalue weighted by molar-refractivity contribution is 0.187. The number of amides is 2. The summed E-state index contributed by atoms with van der Waals surface area (Å²) in [6.07, 6.45) is 0.798. The van der Waals surface area contributed by atoms with Crippen molar-refractivity contribution in [3.63, 3.8) is 0 Å². The van der Waals surface area contributed by atoms with Crippen molar-refractivity contribution in [3.8, 4) is 11.5 Å². The molecule has 29 heavy (non-hydrogen) atoms. The monoisotopic (exact) mass is 420 g/mol. The molecule has 0 unspecified atom stereocenters. The fourth-order valence-electron chi connectivity index (χ4n) is 2.57. The summed E-state index contributed by atoms with van der Waals surface area (Å²) in [5, 5.41) is 2.91. The van der Waals surface area contributed by atoms with Crippen LogP contribution in [-0.2, 0) is 16.7 Å².